The third kappa shape index (κ3) is 4.48. The molecule has 3 aromatic heterocycles. The first-order valence-corrected chi connectivity index (χ1v) is 11.0. The number of carbonyl (C=O) groups is 1. The highest BCUT2D eigenvalue weighted by Crippen LogP contribution is 2.33. The molecular weight excluding hydrogens is 520 g/mol. The van der Waals surface area contributed by atoms with Crippen molar-refractivity contribution in [1.82, 2.24) is 29.6 Å². The first-order chi connectivity index (χ1) is 17.1. The molecule has 0 aliphatic carbocycles. The Morgan fingerprint density at radius 2 is 1.81 bits per heavy atom. The van der Waals surface area contributed by atoms with Crippen LogP contribution in [0.25, 0.3) is 27.7 Å². The molecule has 0 spiro atoms. The van der Waals surface area contributed by atoms with Gasteiger partial charge in [-0.1, -0.05) is 35.3 Å². The van der Waals surface area contributed by atoms with E-state index in [1.54, 1.807) is 47.4 Å². The summed E-state index contributed by atoms with van der Waals surface area (Å²) in [7, 11) is 0. The molecule has 0 aliphatic heterocycles. The van der Waals surface area contributed by atoms with E-state index in [2.05, 4.69) is 20.5 Å². The van der Waals surface area contributed by atoms with Crippen LogP contribution in [0.5, 0.6) is 0 Å². The van der Waals surface area contributed by atoms with Crippen LogP contribution >= 0.6 is 23.2 Å². The molecule has 1 amide bonds. The molecular formula is C22H15Cl2F3N8O. The van der Waals surface area contributed by atoms with Crippen LogP contribution in [0.3, 0.4) is 0 Å². The van der Waals surface area contributed by atoms with Gasteiger partial charge in [-0.05, 0) is 29.8 Å². The number of benzene rings is 2. The zero-order valence-corrected chi connectivity index (χ0v) is 19.5. The Morgan fingerprint density at radius 3 is 2.53 bits per heavy atom. The number of halogens is 5. The van der Waals surface area contributed by atoms with Gasteiger partial charge < -0.3 is 11.1 Å². The van der Waals surface area contributed by atoms with Gasteiger partial charge in [-0.25, -0.2) is 19.2 Å². The van der Waals surface area contributed by atoms with E-state index in [0.717, 1.165) is 0 Å². The van der Waals surface area contributed by atoms with E-state index in [-0.39, 0.29) is 11.4 Å². The Labute approximate surface area is 210 Å². The zero-order chi connectivity index (χ0) is 25.6. The molecule has 0 radical (unpaired) electrons. The Morgan fingerprint density at radius 1 is 1.08 bits per heavy atom. The predicted molar refractivity (Wildman–Crippen MR) is 130 cm³/mol. The molecule has 0 unspecified atom stereocenters. The molecule has 0 aliphatic rings. The molecule has 0 saturated heterocycles. The average Bonchev–Trinajstić information content (AvgIpc) is 3.40. The van der Waals surface area contributed by atoms with E-state index in [4.69, 9.17) is 28.9 Å². The molecule has 5 rings (SSSR count). The van der Waals surface area contributed by atoms with E-state index in [1.807, 2.05) is 5.32 Å². The van der Waals surface area contributed by atoms with Crippen molar-refractivity contribution in [3.63, 3.8) is 0 Å². The fourth-order valence-corrected chi connectivity index (χ4v) is 4.03. The molecule has 0 atom stereocenters. The minimum atomic E-state index is -4.56. The lowest BCUT2D eigenvalue weighted by molar-refractivity contribution is -0.123. The molecule has 14 heteroatoms. The summed E-state index contributed by atoms with van der Waals surface area (Å²) in [6.45, 7) is -1.48. The minimum absolute atomic E-state index is 0.0284. The molecule has 9 nitrogen and oxygen atoms in total. The van der Waals surface area contributed by atoms with Crippen LogP contribution < -0.4 is 16.5 Å². The Kier molecular flexibility index (Phi) is 5.85. The maximum atomic E-state index is 12.7. The predicted octanol–water partition coefficient (Wildman–Crippen LogP) is 4.80. The van der Waals surface area contributed by atoms with Gasteiger partial charge in [-0.2, -0.15) is 18.3 Å². The molecule has 4 N–H and O–H groups in total. The lowest BCUT2D eigenvalue weighted by atomic mass is 10.0. The summed E-state index contributed by atoms with van der Waals surface area (Å²) in [5.41, 5.74) is 12.3. The number of nitrogens with two attached hydrogens (primary N) is 1. The van der Waals surface area contributed by atoms with Crippen LogP contribution in [0.15, 0.2) is 55.2 Å². The van der Waals surface area contributed by atoms with Crippen LogP contribution in [0.1, 0.15) is 10.4 Å². The van der Waals surface area contributed by atoms with Crippen molar-refractivity contribution in [2.45, 2.75) is 6.18 Å². The number of imidazole rings is 1. The van der Waals surface area contributed by atoms with Crippen molar-refractivity contribution >= 4 is 57.2 Å². The molecule has 5 aromatic rings. The maximum absolute atomic E-state index is 12.7. The largest absolute Gasteiger partial charge is 0.405 e. The van der Waals surface area contributed by atoms with Crippen LogP contribution in [-0.4, -0.2) is 42.9 Å². The topological polar surface area (TPSA) is 115 Å². The first-order valence-electron chi connectivity index (χ1n) is 10.3. The van der Waals surface area contributed by atoms with Crippen molar-refractivity contribution in [1.29, 1.82) is 0 Å². The molecule has 184 valence electrons. The number of aromatic nitrogens is 5. The normalized spacial score (nSPS) is 11.8. The Hall–Kier alpha value is -4.03. The SMILES string of the molecule is Nc1ncnn2cc(C(=O)NCC(F)(F)F)c(-c3ccc(Nn4cnc5cc(Cl)c(Cl)cc54)cc3)c12. The van der Waals surface area contributed by atoms with Gasteiger partial charge in [-0.15, -0.1) is 0 Å². The van der Waals surface area contributed by atoms with E-state index >= 15 is 0 Å². The second kappa shape index (κ2) is 8.88. The van der Waals surface area contributed by atoms with Crippen LogP contribution in [-0.2, 0) is 0 Å². The summed E-state index contributed by atoms with van der Waals surface area (Å²) in [6.07, 6.45) is -0.500. The van der Waals surface area contributed by atoms with Crippen LogP contribution in [0, 0.1) is 0 Å². The van der Waals surface area contributed by atoms with Gasteiger partial charge in [0.25, 0.3) is 5.91 Å². The van der Waals surface area contributed by atoms with Crippen molar-refractivity contribution in [2.24, 2.45) is 0 Å². The monoisotopic (exact) mass is 534 g/mol. The summed E-state index contributed by atoms with van der Waals surface area (Å²) < 4.78 is 41.0. The van der Waals surface area contributed by atoms with Crippen molar-refractivity contribution < 1.29 is 18.0 Å². The summed E-state index contributed by atoms with van der Waals surface area (Å²) in [5.74, 6) is -0.854. The van der Waals surface area contributed by atoms with Gasteiger partial charge in [0, 0.05) is 11.8 Å². The highest BCUT2D eigenvalue weighted by molar-refractivity contribution is 6.42. The number of nitrogen functional groups attached to an aromatic ring is 1. The molecule has 3 heterocycles. The second-order valence-electron chi connectivity index (χ2n) is 7.71. The lowest BCUT2D eigenvalue weighted by Gasteiger charge is -2.11. The van der Waals surface area contributed by atoms with Crippen LogP contribution in [0.4, 0.5) is 24.7 Å². The third-order valence-electron chi connectivity index (χ3n) is 5.31. The molecule has 0 bridgehead atoms. The number of nitrogens with one attached hydrogen (secondary N) is 2. The fraction of sp³-hybridized carbons (Fsp3) is 0.0909. The fourth-order valence-electron chi connectivity index (χ4n) is 3.72. The van der Waals surface area contributed by atoms with Crippen molar-refractivity contribution in [3.8, 4) is 11.1 Å². The van der Waals surface area contributed by atoms with Gasteiger partial charge in [0.2, 0.25) is 0 Å². The summed E-state index contributed by atoms with van der Waals surface area (Å²) in [4.78, 5) is 20.9. The smallest absolute Gasteiger partial charge is 0.382 e. The number of rotatable bonds is 5. The number of nitrogens with zero attached hydrogens (tertiary/aromatic N) is 5. The van der Waals surface area contributed by atoms with Crippen LogP contribution in [0.2, 0.25) is 10.0 Å². The lowest BCUT2D eigenvalue weighted by Crippen LogP contribution is -2.33. The van der Waals surface area contributed by atoms with E-state index in [9.17, 15) is 18.0 Å². The number of fused-ring (bicyclic) bond motifs is 2. The highest BCUT2D eigenvalue weighted by atomic mass is 35.5. The summed E-state index contributed by atoms with van der Waals surface area (Å²) in [5, 5.41) is 6.68. The quantitative estimate of drug-likeness (QED) is 0.298. The van der Waals surface area contributed by atoms with E-state index in [0.29, 0.717) is 43.4 Å². The second-order valence-corrected chi connectivity index (χ2v) is 8.53. The molecule has 0 saturated carbocycles. The Balaban J connectivity index is 1.50. The number of anilines is 2. The average molecular weight is 535 g/mol. The summed E-state index contributed by atoms with van der Waals surface area (Å²) in [6, 6.07) is 10.1. The maximum Gasteiger partial charge on any atom is 0.405 e. The number of amides is 1. The minimum Gasteiger partial charge on any atom is -0.382 e. The molecule has 36 heavy (non-hydrogen) atoms. The summed E-state index contributed by atoms with van der Waals surface area (Å²) >= 11 is 12.2. The van der Waals surface area contributed by atoms with Gasteiger partial charge >= 0.3 is 6.18 Å². The Bertz CT molecular complexity index is 1610. The number of carbonyl (C=O) groups excluding carboxylic acids is 1. The number of alkyl halides is 3. The van der Waals surface area contributed by atoms with Crippen molar-refractivity contribution in [2.75, 3.05) is 17.7 Å². The first kappa shape index (κ1) is 23.7. The highest BCUT2D eigenvalue weighted by Gasteiger charge is 2.29. The van der Waals surface area contributed by atoms with Gasteiger partial charge in [0.15, 0.2) is 5.82 Å². The van der Waals surface area contributed by atoms with Gasteiger partial charge in [0.1, 0.15) is 24.7 Å². The van der Waals surface area contributed by atoms with E-state index < -0.39 is 18.6 Å². The van der Waals surface area contributed by atoms with Gasteiger partial charge in [0.05, 0.1) is 32.3 Å². The number of hydrogen-bond donors (Lipinski definition) is 3. The third-order valence-corrected chi connectivity index (χ3v) is 6.03. The van der Waals surface area contributed by atoms with Gasteiger partial charge in [-0.3, -0.25) is 10.2 Å². The molecule has 0 fully saturated rings. The standard InChI is InChI=1S/C22H15Cl2F3N8O/c23-14-5-16-17(6-15(14)24)35(10-31-16)33-12-3-1-11(2-4-12)18-13(21(36)29-8-22(25,26)27)7-34-19(18)20(28)30-9-32-34/h1-7,9-10,33H,8H2,(H,29,36)(H2,28,30,32). The van der Waals surface area contributed by atoms with E-state index in [1.165, 1.54) is 17.0 Å². The molecule has 2 aromatic carbocycles. The zero-order valence-electron chi connectivity index (χ0n) is 18.0. The number of hydrogen-bond acceptors (Lipinski definition) is 6. The van der Waals surface area contributed by atoms with Crippen molar-refractivity contribution in [3.05, 3.63) is 70.9 Å².